The Bertz CT molecular complexity index is 529. The largest absolute Gasteiger partial charge is 0.380 e. The summed E-state index contributed by atoms with van der Waals surface area (Å²) in [5.74, 6) is 1.87. The Morgan fingerprint density at radius 2 is 1.94 bits per heavy atom. The summed E-state index contributed by atoms with van der Waals surface area (Å²) in [7, 11) is 0. The molecule has 1 aromatic carbocycles. The van der Waals surface area contributed by atoms with Crippen LogP contribution in [-0.2, 0) is 0 Å². The maximum Gasteiger partial charge on any atom is 0.175 e. The SMILES string of the molecule is Nc1noc(C2CCC2)c1-c1ccc(Cl)cc1. The monoisotopic (exact) mass is 248 g/mol. The number of halogens is 1. The fraction of sp³-hybridized carbons (Fsp3) is 0.308. The summed E-state index contributed by atoms with van der Waals surface area (Å²) < 4.78 is 5.38. The maximum atomic E-state index is 5.89. The van der Waals surface area contributed by atoms with Gasteiger partial charge in [-0.2, -0.15) is 0 Å². The summed E-state index contributed by atoms with van der Waals surface area (Å²) in [6, 6.07) is 7.61. The zero-order valence-corrected chi connectivity index (χ0v) is 10.1. The molecule has 0 bridgehead atoms. The molecule has 4 heteroatoms. The standard InChI is InChI=1S/C13H13ClN2O/c14-10-6-4-8(5-7-10)11-12(9-2-1-3-9)17-16-13(11)15/h4-7,9H,1-3H2,(H2,15,16). The molecule has 2 N–H and O–H groups in total. The van der Waals surface area contributed by atoms with Crippen LogP contribution in [0.25, 0.3) is 11.1 Å². The first-order valence-corrected chi connectivity index (χ1v) is 6.14. The van der Waals surface area contributed by atoms with Crippen molar-refractivity contribution >= 4 is 17.4 Å². The van der Waals surface area contributed by atoms with Gasteiger partial charge in [0, 0.05) is 10.9 Å². The van der Waals surface area contributed by atoms with Crippen molar-refractivity contribution in [1.82, 2.24) is 5.16 Å². The molecule has 17 heavy (non-hydrogen) atoms. The number of nitrogen functional groups attached to an aromatic ring is 1. The summed E-state index contributed by atoms with van der Waals surface area (Å²) in [6.07, 6.45) is 3.58. The van der Waals surface area contributed by atoms with Gasteiger partial charge in [-0.3, -0.25) is 0 Å². The van der Waals surface area contributed by atoms with Crippen molar-refractivity contribution in [3.05, 3.63) is 35.0 Å². The number of benzene rings is 1. The third-order valence-corrected chi connectivity index (χ3v) is 3.61. The van der Waals surface area contributed by atoms with Crippen LogP contribution >= 0.6 is 11.6 Å². The molecular weight excluding hydrogens is 236 g/mol. The summed E-state index contributed by atoms with van der Waals surface area (Å²) in [5.41, 5.74) is 7.85. The molecule has 1 aliphatic carbocycles. The van der Waals surface area contributed by atoms with Gasteiger partial charge in [0.2, 0.25) is 0 Å². The zero-order chi connectivity index (χ0) is 11.8. The number of nitrogens with two attached hydrogens (primary N) is 1. The van der Waals surface area contributed by atoms with Crippen molar-refractivity contribution in [3.63, 3.8) is 0 Å². The molecule has 2 aromatic rings. The van der Waals surface area contributed by atoms with Crippen molar-refractivity contribution in [3.8, 4) is 11.1 Å². The van der Waals surface area contributed by atoms with E-state index in [1.54, 1.807) is 0 Å². The quantitative estimate of drug-likeness (QED) is 0.878. The van der Waals surface area contributed by atoms with Crippen LogP contribution in [-0.4, -0.2) is 5.16 Å². The lowest BCUT2D eigenvalue weighted by Gasteiger charge is -2.23. The lowest BCUT2D eigenvalue weighted by Crippen LogP contribution is -2.08. The summed E-state index contributed by atoms with van der Waals surface area (Å²) >= 11 is 5.88. The first kappa shape index (κ1) is 10.7. The van der Waals surface area contributed by atoms with Gasteiger partial charge in [-0.15, -0.1) is 0 Å². The Morgan fingerprint density at radius 1 is 1.24 bits per heavy atom. The number of aromatic nitrogens is 1. The molecule has 0 aliphatic heterocycles. The number of hydrogen-bond donors (Lipinski definition) is 1. The van der Waals surface area contributed by atoms with E-state index in [-0.39, 0.29) is 0 Å². The fourth-order valence-electron chi connectivity index (χ4n) is 2.17. The van der Waals surface area contributed by atoms with Gasteiger partial charge in [0.1, 0.15) is 5.76 Å². The summed E-state index contributed by atoms with van der Waals surface area (Å²) in [6.45, 7) is 0. The average Bonchev–Trinajstić information content (AvgIpc) is 2.60. The molecule has 88 valence electrons. The first-order valence-electron chi connectivity index (χ1n) is 5.76. The Labute approximate surface area is 105 Å². The van der Waals surface area contributed by atoms with Crippen LogP contribution in [0.3, 0.4) is 0 Å². The Hall–Kier alpha value is -1.48. The highest BCUT2D eigenvalue weighted by Gasteiger charge is 2.28. The van der Waals surface area contributed by atoms with Crippen LogP contribution in [0.4, 0.5) is 5.82 Å². The minimum Gasteiger partial charge on any atom is -0.380 e. The third-order valence-electron chi connectivity index (χ3n) is 3.35. The van der Waals surface area contributed by atoms with E-state index in [0.717, 1.165) is 29.7 Å². The molecule has 1 fully saturated rings. The molecule has 0 atom stereocenters. The van der Waals surface area contributed by atoms with Gasteiger partial charge >= 0.3 is 0 Å². The van der Waals surface area contributed by atoms with Gasteiger partial charge in [0.25, 0.3) is 0 Å². The normalized spacial score (nSPS) is 15.8. The molecule has 3 rings (SSSR count). The molecule has 1 aromatic heterocycles. The van der Waals surface area contributed by atoms with Gasteiger partial charge in [-0.1, -0.05) is 35.3 Å². The lowest BCUT2D eigenvalue weighted by molar-refractivity contribution is 0.302. The minimum absolute atomic E-state index is 0.467. The summed E-state index contributed by atoms with van der Waals surface area (Å²) in [5, 5.41) is 4.60. The van der Waals surface area contributed by atoms with Crippen LogP contribution < -0.4 is 5.73 Å². The Balaban J connectivity index is 2.06. The molecule has 1 heterocycles. The smallest absolute Gasteiger partial charge is 0.175 e. The molecule has 0 amide bonds. The van der Waals surface area contributed by atoms with E-state index in [2.05, 4.69) is 5.16 Å². The predicted molar refractivity (Wildman–Crippen MR) is 68.0 cm³/mol. The van der Waals surface area contributed by atoms with Crippen LogP contribution in [0.15, 0.2) is 28.8 Å². The predicted octanol–water partition coefficient (Wildman–Crippen LogP) is 3.84. The highest BCUT2D eigenvalue weighted by molar-refractivity contribution is 6.30. The third kappa shape index (κ3) is 1.80. The van der Waals surface area contributed by atoms with Crippen molar-refractivity contribution in [1.29, 1.82) is 0 Å². The topological polar surface area (TPSA) is 52.0 Å². The van der Waals surface area contributed by atoms with Crippen LogP contribution in [0.2, 0.25) is 5.02 Å². The van der Waals surface area contributed by atoms with E-state index in [1.807, 2.05) is 24.3 Å². The van der Waals surface area contributed by atoms with Gasteiger partial charge in [-0.05, 0) is 30.5 Å². The molecule has 3 nitrogen and oxygen atoms in total. The molecule has 0 radical (unpaired) electrons. The van der Waals surface area contributed by atoms with E-state index in [9.17, 15) is 0 Å². The molecule has 1 aliphatic rings. The van der Waals surface area contributed by atoms with E-state index < -0.39 is 0 Å². The van der Waals surface area contributed by atoms with Gasteiger partial charge < -0.3 is 10.3 Å². The Morgan fingerprint density at radius 3 is 2.53 bits per heavy atom. The van der Waals surface area contributed by atoms with Crippen LogP contribution in [0.1, 0.15) is 30.9 Å². The highest BCUT2D eigenvalue weighted by Crippen LogP contribution is 2.43. The molecule has 0 unspecified atom stereocenters. The first-order chi connectivity index (χ1) is 8.25. The summed E-state index contributed by atoms with van der Waals surface area (Å²) in [4.78, 5) is 0. The maximum absolute atomic E-state index is 5.89. The minimum atomic E-state index is 0.467. The number of hydrogen-bond acceptors (Lipinski definition) is 3. The second-order valence-electron chi connectivity index (χ2n) is 4.44. The zero-order valence-electron chi connectivity index (χ0n) is 9.32. The van der Waals surface area contributed by atoms with E-state index in [4.69, 9.17) is 21.9 Å². The van der Waals surface area contributed by atoms with Gasteiger partial charge in [-0.25, -0.2) is 0 Å². The number of rotatable bonds is 2. The lowest BCUT2D eigenvalue weighted by atomic mass is 9.81. The second kappa shape index (κ2) is 4.08. The molecule has 0 saturated heterocycles. The number of anilines is 1. The van der Waals surface area contributed by atoms with E-state index in [0.29, 0.717) is 16.8 Å². The van der Waals surface area contributed by atoms with Crippen LogP contribution in [0, 0.1) is 0 Å². The van der Waals surface area contributed by atoms with E-state index >= 15 is 0 Å². The van der Waals surface area contributed by atoms with Gasteiger partial charge in [0.05, 0.1) is 5.56 Å². The second-order valence-corrected chi connectivity index (χ2v) is 4.88. The van der Waals surface area contributed by atoms with Crippen molar-refractivity contribution in [2.45, 2.75) is 25.2 Å². The van der Waals surface area contributed by atoms with E-state index in [1.165, 1.54) is 6.42 Å². The average molecular weight is 249 g/mol. The molecule has 1 saturated carbocycles. The van der Waals surface area contributed by atoms with Crippen LogP contribution in [0.5, 0.6) is 0 Å². The van der Waals surface area contributed by atoms with Crippen molar-refractivity contribution in [2.24, 2.45) is 0 Å². The molecule has 0 spiro atoms. The fourth-order valence-corrected chi connectivity index (χ4v) is 2.30. The number of nitrogens with zero attached hydrogens (tertiary/aromatic N) is 1. The highest BCUT2D eigenvalue weighted by atomic mass is 35.5. The van der Waals surface area contributed by atoms with Crippen molar-refractivity contribution < 1.29 is 4.52 Å². The molecular formula is C13H13ClN2O. The van der Waals surface area contributed by atoms with Crippen molar-refractivity contribution in [2.75, 3.05) is 5.73 Å². The van der Waals surface area contributed by atoms with Gasteiger partial charge in [0.15, 0.2) is 5.82 Å². The Kier molecular flexibility index (Phi) is 2.56.